The zero-order valence-corrected chi connectivity index (χ0v) is 18.9. The van der Waals surface area contributed by atoms with Crippen molar-refractivity contribution in [1.29, 1.82) is 5.26 Å². The summed E-state index contributed by atoms with van der Waals surface area (Å²) < 4.78 is 0. The van der Waals surface area contributed by atoms with Gasteiger partial charge in [0, 0.05) is 36.4 Å². The third-order valence-electron chi connectivity index (χ3n) is 4.55. The number of nitrogens with zero attached hydrogens (tertiary/aromatic N) is 3. The van der Waals surface area contributed by atoms with E-state index in [0.717, 1.165) is 48.3 Å². The second kappa shape index (κ2) is 11.1. The Balaban J connectivity index is 0.00000280. The monoisotopic (exact) mass is 509 g/mol. The summed E-state index contributed by atoms with van der Waals surface area (Å²) in [5.74, 6) is 0.819. The number of nitriles is 1. The van der Waals surface area contributed by atoms with Gasteiger partial charge in [-0.2, -0.15) is 5.26 Å². The van der Waals surface area contributed by atoms with Crippen LogP contribution < -0.4 is 15.5 Å². The molecule has 1 saturated heterocycles. The van der Waals surface area contributed by atoms with Gasteiger partial charge in [-0.3, -0.25) is 0 Å². The van der Waals surface area contributed by atoms with Crippen molar-refractivity contribution in [2.45, 2.75) is 25.9 Å². The van der Waals surface area contributed by atoms with E-state index in [0.29, 0.717) is 18.2 Å². The van der Waals surface area contributed by atoms with E-state index in [-0.39, 0.29) is 24.0 Å². The van der Waals surface area contributed by atoms with Gasteiger partial charge in [-0.25, -0.2) is 4.99 Å². The summed E-state index contributed by atoms with van der Waals surface area (Å²) in [6.45, 7) is 5.36. The van der Waals surface area contributed by atoms with Crippen molar-refractivity contribution in [2.75, 3.05) is 24.5 Å². The van der Waals surface area contributed by atoms with Crippen LogP contribution in [0.15, 0.2) is 53.5 Å². The van der Waals surface area contributed by atoms with Crippen LogP contribution >= 0.6 is 35.6 Å². The molecule has 1 aliphatic heterocycles. The molecule has 0 aliphatic carbocycles. The molecule has 148 valence electrons. The van der Waals surface area contributed by atoms with Gasteiger partial charge in [0.25, 0.3) is 0 Å². The standard InChI is InChI=1S/C21H24ClN5.HI/c1-2-24-21(25-14-17-8-6-16(13-23)7-9-17)26-19-10-11-27(15-19)20-5-3-4-18(22)12-20;/h3-9,12,19H,2,10-11,14-15H2,1H3,(H2,24,25,26);1H. The Bertz CT molecular complexity index is 831. The summed E-state index contributed by atoms with van der Waals surface area (Å²) in [6, 6.07) is 18.0. The predicted octanol–water partition coefficient (Wildman–Crippen LogP) is 4.16. The van der Waals surface area contributed by atoms with Gasteiger partial charge in [0.15, 0.2) is 5.96 Å². The maximum Gasteiger partial charge on any atom is 0.191 e. The van der Waals surface area contributed by atoms with Gasteiger partial charge in [-0.1, -0.05) is 29.8 Å². The first kappa shape index (κ1) is 22.3. The molecule has 0 spiro atoms. The quantitative estimate of drug-likeness (QED) is 0.361. The van der Waals surface area contributed by atoms with Crippen molar-refractivity contribution in [3.63, 3.8) is 0 Å². The first-order valence-electron chi connectivity index (χ1n) is 9.22. The third-order valence-corrected chi connectivity index (χ3v) is 4.78. The number of rotatable bonds is 5. The first-order valence-corrected chi connectivity index (χ1v) is 9.60. The van der Waals surface area contributed by atoms with Crippen molar-refractivity contribution in [1.82, 2.24) is 10.6 Å². The van der Waals surface area contributed by atoms with Crippen LogP contribution in [0.5, 0.6) is 0 Å². The van der Waals surface area contributed by atoms with Crippen LogP contribution in [0.25, 0.3) is 0 Å². The molecule has 2 aromatic carbocycles. The number of aliphatic imine (C=N–C) groups is 1. The van der Waals surface area contributed by atoms with E-state index in [1.165, 1.54) is 0 Å². The molecule has 5 nitrogen and oxygen atoms in total. The summed E-state index contributed by atoms with van der Waals surface area (Å²) in [7, 11) is 0. The number of nitrogens with one attached hydrogen (secondary N) is 2. The lowest BCUT2D eigenvalue weighted by Crippen LogP contribution is -2.44. The maximum absolute atomic E-state index is 8.89. The Hall–Kier alpha value is -1.98. The normalized spacial score (nSPS) is 16.2. The van der Waals surface area contributed by atoms with Gasteiger partial charge in [0.2, 0.25) is 0 Å². The molecule has 1 heterocycles. The highest BCUT2D eigenvalue weighted by molar-refractivity contribution is 14.0. The van der Waals surface area contributed by atoms with E-state index >= 15 is 0 Å². The average molecular weight is 510 g/mol. The molecule has 1 unspecified atom stereocenters. The smallest absolute Gasteiger partial charge is 0.191 e. The Morgan fingerprint density at radius 3 is 2.75 bits per heavy atom. The fourth-order valence-electron chi connectivity index (χ4n) is 3.15. The van der Waals surface area contributed by atoms with Crippen LogP contribution in [-0.2, 0) is 6.54 Å². The van der Waals surface area contributed by atoms with Gasteiger partial charge < -0.3 is 15.5 Å². The number of benzene rings is 2. The highest BCUT2D eigenvalue weighted by Gasteiger charge is 2.23. The number of halogens is 2. The summed E-state index contributed by atoms with van der Waals surface area (Å²) in [4.78, 5) is 7.03. The van der Waals surface area contributed by atoms with E-state index in [1.807, 2.05) is 42.5 Å². The van der Waals surface area contributed by atoms with Gasteiger partial charge in [-0.15, -0.1) is 24.0 Å². The molecule has 1 aliphatic rings. The fourth-order valence-corrected chi connectivity index (χ4v) is 3.34. The van der Waals surface area contributed by atoms with Crippen LogP contribution in [0.3, 0.4) is 0 Å². The number of anilines is 1. The van der Waals surface area contributed by atoms with Crippen molar-refractivity contribution in [3.8, 4) is 6.07 Å². The lowest BCUT2D eigenvalue weighted by atomic mass is 10.1. The first-order chi connectivity index (χ1) is 13.2. The van der Waals surface area contributed by atoms with Gasteiger partial charge >= 0.3 is 0 Å². The topological polar surface area (TPSA) is 63.5 Å². The minimum atomic E-state index is 0. The van der Waals surface area contributed by atoms with Crippen LogP contribution in [0.2, 0.25) is 5.02 Å². The van der Waals surface area contributed by atoms with Crippen LogP contribution in [0.4, 0.5) is 5.69 Å². The highest BCUT2D eigenvalue weighted by atomic mass is 127. The zero-order chi connectivity index (χ0) is 19.1. The fraction of sp³-hybridized carbons (Fsp3) is 0.333. The average Bonchev–Trinajstić information content (AvgIpc) is 3.15. The highest BCUT2D eigenvalue weighted by Crippen LogP contribution is 2.23. The third kappa shape index (κ3) is 6.28. The van der Waals surface area contributed by atoms with Gasteiger partial charge in [-0.05, 0) is 49.2 Å². The second-order valence-corrected chi connectivity index (χ2v) is 7.00. The SMILES string of the molecule is CCNC(=NCc1ccc(C#N)cc1)NC1CCN(c2cccc(Cl)c2)C1.I. The number of hydrogen-bond acceptors (Lipinski definition) is 3. The second-order valence-electron chi connectivity index (χ2n) is 6.56. The Morgan fingerprint density at radius 2 is 2.07 bits per heavy atom. The lowest BCUT2D eigenvalue weighted by Gasteiger charge is -2.20. The molecule has 1 fully saturated rings. The molecule has 0 amide bonds. The number of hydrogen-bond donors (Lipinski definition) is 2. The van der Waals surface area contributed by atoms with Crippen LogP contribution in [-0.4, -0.2) is 31.6 Å². The predicted molar refractivity (Wildman–Crippen MR) is 127 cm³/mol. The molecule has 28 heavy (non-hydrogen) atoms. The van der Waals surface area contributed by atoms with E-state index < -0.39 is 0 Å². The number of guanidine groups is 1. The Morgan fingerprint density at radius 1 is 1.29 bits per heavy atom. The molecule has 0 saturated carbocycles. The van der Waals surface area contributed by atoms with Crippen molar-refractivity contribution in [3.05, 3.63) is 64.7 Å². The molecular formula is C21H25ClIN5. The van der Waals surface area contributed by atoms with Crippen LogP contribution in [0, 0.1) is 11.3 Å². The van der Waals surface area contributed by atoms with E-state index in [9.17, 15) is 0 Å². The molecule has 2 N–H and O–H groups in total. The summed E-state index contributed by atoms with van der Waals surface area (Å²) in [5, 5.41) is 16.5. The molecule has 3 rings (SSSR count). The largest absolute Gasteiger partial charge is 0.369 e. The van der Waals surface area contributed by atoms with Crippen LogP contribution in [0.1, 0.15) is 24.5 Å². The molecule has 2 aromatic rings. The van der Waals surface area contributed by atoms with Gasteiger partial charge in [0.1, 0.15) is 0 Å². The molecule has 7 heteroatoms. The lowest BCUT2D eigenvalue weighted by molar-refractivity contribution is 0.649. The van der Waals surface area contributed by atoms with Crippen molar-refractivity contribution in [2.24, 2.45) is 4.99 Å². The minimum absolute atomic E-state index is 0. The Labute approximate surface area is 188 Å². The van der Waals surface area contributed by atoms with E-state index in [2.05, 4.69) is 39.6 Å². The van der Waals surface area contributed by atoms with Gasteiger partial charge in [0.05, 0.1) is 18.2 Å². The summed E-state index contributed by atoms with van der Waals surface area (Å²) in [6.07, 6.45) is 1.05. The summed E-state index contributed by atoms with van der Waals surface area (Å²) >= 11 is 6.11. The minimum Gasteiger partial charge on any atom is -0.369 e. The van der Waals surface area contributed by atoms with E-state index in [4.69, 9.17) is 16.9 Å². The summed E-state index contributed by atoms with van der Waals surface area (Å²) in [5.41, 5.74) is 2.91. The van der Waals surface area contributed by atoms with E-state index in [1.54, 1.807) is 0 Å². The molecule has 0 bridgehead atoms. The molecule has 1 atom stereocenters. The molecule has 0 aromatic heterocycles. The maximum atomic E-state index is 8.89. The van der Waals surface area contributed by atoms with Crippen molar-refractivity contribution >= 4 is 47.2 Å². The molecule has 0 radical (unpaired) electrons. The zero-order valence-electron chi connectivity index (χ0n) is 15.9. The molecular weight excluding hydrogens is 485 g/mol. The van der Waals surface area contributed by atoms with Crippen molar-refractivity contribution < 1.29 is 0 Å². The Kier molecular flexibility index (Phi) is 8.87.